The summed E-state index contributed by atoms with van der Waals surface area (Å²) in [4.78, 5) is 4.54. The molecular weight excluding hydrogens is 409 g/mol. The van der Waals surface area contributed by atoms with Gasteiger partial charge in [-0.05, 0) is 90.4 Å². The van der Waals surface area contributed by atoms with E-state index in [9.17, 15) is 0 Å². The lowest BCUT2D eigenvalue weighted by molar-refractivity contribution is 0.217. The average Bonchev–Trinajstić information content (AvgIpc) is 2.48. The van der Waals surface area contributed by atoms with Crippen molar-refractivity contribution in [1.82, 2.24) is 0 Å². The van der Waals surface area contributed by atoms with Crippen molar-refractivity contribution in [1.29, 1.82) is 0 Å². The summed E-state index contributed by atoms with van der Waals surface area (Å²) in [5, 5.41) is 0.614. The molecule has 0 spiro atoms. The highest BCUT2D eigenvalue weighted by atomic mass is 127. The lowest BCUT2D eigenvalue weighted by Crippen LogP contribution is -2.09. The molecule has 0 unspecified atom stereocenters. The second kappa shape index (κ2) is 7.97. The van der Waals surface area contributed by atoms with Crippen molar-refractivity contribution in [3.05, 3.63) is 56.1 Å². The Balaban J connectivity index is 2.16. The van der Waals surface area contributed by atoms with Gasteiger partial charge in [-0.25, -0.2) is 0 Å². The molecule has 2 rings (SSSR count). The van der Waals surface area contributed by atoms with Gasteiger partial charge in [-0.2, -0.15) is 0 Å². The van der Waals surface area contributed by atoms with Gasteiger partial charge in [0, 0.05) is 9.78 Å². The monoisotopic (exact) mass is 427 g/mol. The summed E-state index contributed by atoms with van der Waals surface area (Å²) >= 11 is 8.58. The fourth-order valence-corrected chi connectivity index (χ4v) is 2.78. The van der Waals surface area contributed by atoms with Gasteiger partial charge in [0.05, 0.1) is 16.8 Å². The van der Waals surface area contributed by atoms with Gasteiger partial charge in [0.1, 0.15) is 5.75 Å². The third kappa shape index (κ3) is 4.71. The van der Waals surface area contributed by atoms with Gasteiger partial charge in [0.25, 0.3) is 0 Å². The summed E-state index contributed by atoms with van der Waals surface area (Å²) in [7, 11) is 0. The molecule has 2 aromatic rings. The molecule has 0 heterocycles. The highest BCUT2D eigenvalue weighted by Gasteiger charge is 2.06. The standard InChI is InChI=1S/C18H19ClINO/c1-4-13(3)22-18-8-5-14(10-16(18)19)11-21-17-7-6-15(20)9-12(17)2/h5-11,13H,4H2,1-3H3/t13-/m1/s1. The Bertz CT molecular complexity index is 685. The first kappa shape index (κ1) is 17.3. The highest BCUT2D eigenvalue weighted by Crippen LogP contribution is 2.27. The molecule has 0 bridgehead atoms. The van der Waals surface area contributed by atoms with Gasteiger partial charge in [0.15, 0.2) is 0 Å². The van der Waals surface area contributed by atoms with Crippen molar-refractivity contribution < 1.29 is 4.74 Å². The summed E-state index contributed by atoms with van der Waals surface area (Å²) in [6.45, 7) is 6.18. The lowest BCUT2D eigenvalue weighted by Gasteiger charge is -2.13. The maximum absolute atomic E-state index is 6.28. The van der Waals surface area contributed by atoms with E-state index >= 15 is 0 Å². The van der Waals surface area contributed by atoms with Crippen LogP contribution in [0.25, 0.3) is 0 Å². The molecule has 0 saturated heterocycles. The Morgan fingerprint density at radius 3 is 2.68 bits per heavy atom. The summed E-state index contributed by atoms with van der Waals surface area (Å²) in [5.41, 5.74) is 3.09. The van der Waals surface area contributed by atoms with Gasteiger partial charge in [-0.1, -0.05) is 18.5 Å². The minimum Gasteiger partial charge on any atom is -0.489 e. The maximum Gasteiger partial charge on any atom is 0.138 e. The van der Waals surface area contributed by atoms with Gasteiger partial charge in [-0.15, -0.1) is 0 Å². The van der Waals surface area contributed by atoms with E-state index in [1.54, 1.807) is 0 Å². The van der Waals surface area contributed by atoms with Crippen molar-refractivity contribution in [2.45, 2.75) is 33.3 Å². The van der Waals surface area contributed by atoms with E-state index < -0.39 is 0 Å². The number of benzene rings is 2. The van der Waals surface area contributed by atoms with Crippen LogP contribution in [0.3, 0.4) is 0 Å². The van der Waals surface area contributed by atoms with Crippen LogP contribution in [0.15, 0.2) is 41.4 Å². The van der Waals surface area contributed by atoms with Crippen LogP contribution in [0.2, 0.25) is 5.02 Å². The molecular formula is C18H19ClINO. The Kier molecular flexibility index (Phi) is 6.26. The predicted octanol–water partition coefficient (Wildman–Crippen LogP) is 6.18. The van der Waals surface area contributed by atoms with Gasteiger partial charge >= 0.3 is 0 Å². The van der Waals surface area contributed by atoms with Crippen LogP contribution < -0.4 is 4.74 Å². The molecule has 0 saturated carbocycles. The maximum atomic E-state index is 6.28. The summed E-state index contributed by atoms with van der Waals surface area (Å²) < 4.78 is 6.98. The van der Waals surface area contributed by atoms with E-state index in [0.717, 1.165) is 29.0 Å². The van der Waals surface area contributed by atoms with Gasteiger partial charge < -0.3 is 4.74 Å². The molecule has 1 atom stereocenters. The molecule has 22 heavy (non-hydrogen) atoms. The highest BCUT2D eigenvalue weighted by molar-refractivity contribution is 14.1. The zero-order valence-corrected chi connectivity index (χ0v) is 15.9. The Morgan fingerprint density at radius 2 is 2.05 bits per heavy atom. The number of hydrogen-bond acceptors (Lipinski definition) is 2. The minimum absolute atomic E-state index is 0.159. The lowest BCUT2D eigenvalue weighted by atomic mass is 10.2. The first-order valence-corrected chi connectivity index (χ1v) is 8.71. The number of ether oxygens (including phenoxy) is 1. The molecule has 0 aliphatic carbocycles. The van der Waals surface area contributed by atoms with E-state index in [1.807, 2.05) is 37.4 Å². The largest absolute Gasteiger partial charge is 0.489 e. The number of aliphatic imine (C=N–C) groups is 1. The smallest absolute Gasteiger partial charge is 0.138 e. The number of aryl methyl sites for hydroxylation is 1. The number of halogens is 2. The van der Waals surface area contributed by atoms with Crippen molar-refractivity contribution in [3.63, 3.8) is 0 Å². The molecule has 0 aromatic heterocycles. The third-order valence-electron chi connectivity index (χ3n) is 3.37. The van der Waals surface area contributed by atoms with Crippen LogP contribution in [0.5, 0.6) is 5.75 Å². The zero-order valence-electron chi connectivity index (χ0n) is 12.9. The van der Waals surface area contributed by atoms with E-state index in [4.69, 9.17) is 16.3 Å². The molecule has 116 valence electrons. The van der Waals surface area contributed by atoms with E-state index in [-0.39, 0.29) is 6.10 Å². The van der Waals surface area contributed by atoms with Gasteiger partial charge in [-0.3, -0.25) is 4.99 Å². The average molecular weight is 428 g/mol. The minimum atomic E-state index is 0.159. The molecule has 0 aliphatic heterocycles. The van der Waals surface area contributed by atoms with E-state index in [2.05, 4.69) is 53.6 Å². The zero-order chi connectivity index (χ0) is 16.1. The Morgan fingerprint density at radius 1 is 1.27 bits per heavy atom. The second-order valence-corrected chi connectivity index (χ2v) is 6.87. The van der Waals surface area contributed by atoms with Crippen molar-refractivity contribution >= 4 is 46.1 Å². The molecule has 0 radical (unpaired) electrons. The fraction of sp³-hybridized carbons (Fsp3) is 0.278. The van der Waals surface area contributed by atoms with Crippen LogP contribution in [-0.4, -0.2) is 12.3 Å². The topological polar surface area (TPSA) is 21.6 Å². The fourth-order valence-electron chi connectivity index (χ4n) is 1.90. The van der Waals surface area contributed by atoms with Crippen LogP contribution in [0.4, 0.5) is 5.69 Å². The molecule has 0 amide bonds. The Labute approximate surface area is 150 Å². The van der Waals surface area contributed by atoms with Crippen molar-refractivity contribution in [2.75, 3.05) is 0 Å². The summed E-state index contributed by atoms with van der Waals surface area (Å²) in [6, 6.07) is 11.9. The van der Waals surface area contributed by atoms with E-state index in [1.165, 1.54) is 3.57 Å². The summed E-state index contributed by atoms with van der Waals surface area (Å²) in [5.74, 6) is 0.721. The second-order valence-electron chi connectivity index (χ2n) is 5.22. The summed E-state index contributed by atoms with van der Waals surface area (Å²) in [6.07, 6.45) is 2.94. The van der Waals surface area contributed by atoms with Gasteiger partial charge in [0.2, 0.25) is 0 Å². The first-order chi connectivity index (χ1) is 10.5. The first-order valence-electron chi connectivity index (χ1n) is 7.26. The molecule has 4 heteroatoms. The normalized spacial score (nSPS) is 12.6. The van der Waals surface area contributed by atoms with Crippen LogP contribution in [0, 0.1) is 10.5 Å². The van der Waals surface area contributed by atoms with Crippen molar-refractivity contribution in [2.24, 2.45) is 4.99 Å². The van der Waals surface area contributed by atoms with Crippen molar-refractivity contribution in [3.8, 4) is 5.75 Å². The molecule has 0 N–H and O–H groups in total. The quantitative estimate of drug-likeness (QED) is 0.412. The van der Waals surface area contributed by atoms with Crippen LogP contribution >= 0.6 is 34.2 Å². The Hall–Kier alpha value is -1.07. The number of nitrogens with zero attached hydrogens (tertiary/aromatic N) is 1. The number of hydrogen-bond donors (Lipinski definition) is 0. The molecule has 2 aromatic carbocycles. The molecule has 0 aliphatic rings. The molecule has 0 fully saturated rings. The van der Waals surface area contributed by atoms with E-state index in [0.29, 0.717) is 5.02 Å². The van der Waals surface area contributed by atoms with Crippen LogP contribution in [0.1, 0.15) is 31.4 Å². The predicted molar refractivity (Wildman–Crippen MR) is 103 cm³/mol. The number of rotatable bonds is 5. The SMILES string of the molecule is CC[C@@H](C)Oc1ccc(C=Nc2ccc(I)cc2C)cc1Cl. The van der Waals surface area contributed by atoms with Crippen LogP contribution in [-0.2, 0) is 0 Å². The third-order valence-corrected chi connectivity index (χ3v) is 4.34. The molecule has 2 nitrogen and oxygen atoms in total.